The molecule has 31 heavy (non-hydrogen) atoms. The van der Waals surface area contributed by atoms with Crippen molar-refractivity contribution in [3.05, 3.63) is 45.8 Å². The van der Waals surface area contributed by atoms with Gasteiger partial charge in [-0.3, -0.25) is 18.8 Å². The lowest BCUT2D eigenvalue weighted by atomic mass is 9.99. The van der Waals surface area contributed by atoms with Gasteiger partial charge in [0.25, 0.3) is 0 Å². The Kier molecular flexibility index (Phi) is 6.87. The number of imidazole rings is 1. The third-order valence-corrected chi connectivity index (χ3v) is 6.80. The van der Waals surface area contributed by atoms with Crippen molar-refractivity contribution < 1.29 is 4.79 Å². The molecule has 0 aliphatic carbocycles. The minimum absolute atomic E-state index is 0.0526. The van der Waals surface area contributed by atoms with Crippen LogP contribution in [0.1, 0.15) is 45.2 Å². The summed E-state index contributed by atoms with van der Waals surface area (Å²) in [6, 6.07) is 7.77. The number of aromatic nitrogens is 3. The predicted molar refractivity (Wildman–Crippen MR) is 126 cm³/mol. The van der Waals surface area contributed by atoms with E-state index in [2.05, 4.69) is 29.0 Å². The number of hydrogen-bond acceptors (Lipinski definition) is 5. The lowest BCUT2D eigenvalue weighted by molar-refractivity contribution is -0.116. The van der Waals surface area contributed by atoms with Gasteiger partial charge in [0.05, 0.1) is 16.7 Å². The van der Waals surface area contributed by atoms with Gasteiger partial charge >= 0.3 is 5.69 Å². The Morgan fingerprint density at radius 3 is 2.52 bits per heavy atom. The Labute approximate surface area is 186 Å². The van der Waals surface area contributed by atoms with E-state index in [4.69, 9.17) is 0 Å². The van der Waals surface area contributed by atoms with Gasteiger partial charge in [-0.25, -0.2) is 9.78 Å². The Balaban J connectivity index is 1.36. The molecule has 0 spiro atoms. The van der Waals surface area contributed by atoms with Crippen LogP contribution in [-0.4, -0.2) is 38.0 Å². The number of fused-ring (bicyclic) bond motifs is 1. The Morgan fingerprint density at radius 1 is 1.16 bits per heavy atom. The summed E-state index contributed by atoms with van der Waals surface area (Å²) in [5, 5.41) is 5.56. The van der Waals surface area contributed by atoms with Crippen LogP contribution in [0.3, 0.4) is 0 Å². The second kappa shape index (κ2) is 9.78. The SMILES string of the molecule is CCCn1c(=O)n(CCC(=O)Nc2nc(CN3CCC(C)CC3)cs2)c2ccccc21. The zero-order chi connectivity index (χ0) is 21.8. The van der Waals surface area contributed by atoms with Crippen LogP contribution in [0.15, 0.2) is 34.4 Å². The highest BCUT2D eigenvalue weighted by atomic mass is 32.1. The topological polar surface area (TPSA) is 72.2 Å². The minimum Gasteiger partial charge on any atom is -0.302 e. The third kappa shape index (κ3) is 5.07. The number of amides is 1. The van der Waals surface area contributed by atoms with Crippen LogP contribution in [0.25, 0.3) is 11.0 Å². The van der Waals surface area contributed by atoms with Crippen molar-refractivity contribution in [2.45, 2.75) is 59.2 Å². The fourth-order valence-electron chi connectivity index (χ4n) is 4.21. The second-order valence-electron chi connectivity index (χ2n) is 8.48. The molecule has 1 aliphatic rings. The van der Waals surface area contributed by atoms with Crippen LogP contribution >= 0.6 is 11.3 Å². The first-order valence-corrected chi connectivity index (χ1v) is 12.1. The van der Waals surface area contributed by atoms with Gasteiger partial charge in [-0.15, -0.1) is 11.3 Å². The Hall–Kier alpha value is -2.45. The lowest BCUT2D eigenvalue weighted by Gasteiger charge is -2.29. The molecule has 2 aromatic heterocycles. The first-order valence-electron chi connectivity index (χ1n) is 11.2. The summed E-state index contributed by atoms with van der Waals surface area (Å²) in [7, 11) is 0. The van der Waals surface area contributed by atoms with E-state index < -0.39 is 0 Å². The van der Waals surface area contributed by atoms with E-state index in [9.17, 15) is 9.59 Å². The normalized spacial score (nSPS) is 15.5. The number of aryl methyl sites for hydroxylation is 2. The number of nitrogens with one attached hydrogen (secondary N) is 1. The summed E-state index contributed by atoms with van der Waals surface area (Å²) in [5.41, 5.74) is 2.75. The molecule has 1 N–H and O–H groups in total. The summed E-state index contributed by atoms with van der Waals surface area (Å²) in [6.45, 7) is 8.46. The second-order valence-corrected chi connectivity index (χ2v) is 9.33. The van der Waals surface area contributed by atoms with Crippen molar-refractivity contribution in [3.8, 4) is 0 Å². The molecular weight excluding hydrogens is 410 g/mol. The van der Waals surface area contributed by atoms with E-state index in [0.717, 1.165) is 48.7 Å². The van der Waals surface area contributed by atoms with Gasteiger partial charge in [-0.05, 0) is 50.4 Å². The third-order valence-electron chi connectivity index (χ3n) is 5.99. The molecular formula is C23H31N5O2S. The maximum absolute atomic E-state index is 12.8. The van der Waals surface area contributed by atoms with Gasteiger partial charge < -0.3 is 5.32 Å². The monoisotopic (exact) mass is 441 g/mol. The number of rotatable bonds is 8. The molecule has 1 aromatic carbocycles. The van der Waals surface area contributed by atoms with E-state index in [-0.39, 0.29) is 18.0 Å². The quantitative estimate of drug-likeness (QED) is 0.575. The van der Waals surface area contributed by atoms with E-state index in [1.165, 1.54) is 24.2 Å². The Morgan fingerprint density at radius 2 is 1.84 bits per heavy atom. The van der Waals surface area contributed by atoms with E-state index in [1.807, 2.05) is 29.6 Å². The molecule has 0 atom stereocenters. The van der Waals surface area contributed by atoms with E-state index in [0.29, 0.717) is 18.2 Å². The molecule has 1 amide bonds. The average molecular weight is 442 g/mol. The minimum atomic E-state index is -0.119. The molecule has 4 rings (SSSR count). The van der Waals surface area contributed by atoms with Crippen LogP contribution in [0.4, 0.5) is 5.13 Å². The zero-order valence-electron chi connectivity index (χ0n) is 18.3. The van der Waals surface area contributed by atoms with Gasteiger partial charge in [0, 0.05) is 31.4 Å². The van der Waals surface area contributed by atoms with Gasteiger partial charge in [0.1, 0.15) is 0 Å². The molecule has 166 valence electrons. The summed E-state index contributed by atoms with van der Waals surface area (Å²) in [5.74, 6) is 0.692. The molecule has 0 saturated carbocycles. The maximum atomic E-state index is 12.8. The van der Waals surface area contributed by atoms with Crippen LogP contribution < -0.4 is 11.0 Å². The summed E-state index contributed by atoms with van der Waals surface area (Å²) in [6.07, 6.45) is 3.60. The van der Waals surface area contributed by atoms with Gasteiger partial charge in [0.2, 0.25) is 5.91 Å². The highest BCUT2D eigenvalue weighted by Crippen LogP contribution is 2.21. The van der Waals surface area contributed by atoms with Crippen LogP contribution in [-0.2, 0) is 24.4 Å². The number of thiazole rings is 1. The molecule has 3 aromatic rings. The van der Waals surface area contributed by atoms with E-state index >= 15 is 0 Å². The Bertz CT molecular complexity index is 1090. The van der Waals surface area contributed by atoms with Crippen molar-refractivity contribution in [2.24, 2.45) is 5.92 Å². The average Bonchev–Trinajstić information content (AvgIpc) is 3.31. The molecule has 8 heteroatoms. The summed E-state index contributed by atoms with van der Waals surface area (Å²) in [4.78, 5) is 32.4. The lowest BCUT2D eigenvalue weighted by Crippen LogP contribution is -2.32. The fraction of sp³-hybridized carbons (Fsp3) is 0.522. The first-order chi connectivity index (χ1) is 15.0. The summed E-state index contributed by atoms with van der Waals surface area (Å²) >= 11 is 1.46. The molecule has 0 unspecified atom stereocenters. The van der Waals surface area contributed by atoms with Crippen LogP contribution in [0, 0.1) is 5.92 Å². The molecule has 1 saturated heterocycles. The number of anilines is 1. The number of hydrogen-bond donors (Lipinski definition) is 1. The van der Waals surface area contributed by atoms with Gasteiger partial charge in [-0.1, -0.05) is 26.0 Å². The van der Waals surface area contributed by atoms with Crippen molar-refractivity contribution in [1.29, 1.82) is 0 Å². The highest BCUT2D eigenvalue weighted by molar-refractivity contribution is 7.13. The zero-order valence-corrected chi connectivity index (χ0v) is 19.2. The molecule has 1 aliphatic heterocycles. The number of likely N-dealkylation sites (tertiary alicyclic amines) is 1. The van der Waals surface area contributed by atoms with Crippen molar-refractivity contribution in [1.82, 2.24) is 19.0 Å². The summed E-state index contributed by atoms with van der Waals surface area (Å²) < 4.78 is 3.50. The van der Waals surface area contributed by atoms with Crippen molar-refractivity contribution in [3.63, 3.8) is 0 Å². The molecule has 0 bridgehead atoms. The number of piperidine rings is 1. The molecule has 1 fully saturated rings. The van der Waals surface area contributed by atoms with Crippen LogP contribution in [0.2, 0.25) is 0 Å². The van der Waals surface area contributed by atoms with Crippen molar-refractivity contribution in [2.75, 3.05) is 18.4 Å². The van der Waals surface area contributed by atoms with Gasteiger partial charge in [0.15, 0.2) is 5.13 Å². The molecule has 7 nitrogen and oxygen atoms in total. The number of benzene rings is 1. The first kappa shape index (κ1) is 21.8. The van der Waals surface area contributed by atoms with E-state index in [1.54, 1.807) is 9.13 Å². The number of carbonyl (C=O) groups excluding carboxylic acids is 1. The fourth-order valence-corrected chi connectivity index (χ4v) is 4.93. The predicted octanol–water partition coefficient (Wildman–Crippen LogP) is 3.93. The van der Waals surface area contributed by atoms with Crippen LogP contribution in [0.5, 0.6) is 0 Å². The smallest absolute Gasteiger partial charge is 0.302 e. The van der Waals surface area contributed by atoms with Gasteiger partial charge in [-0.2, -0.15) is 0 Å². The van der Waals surface area contributed by atoms with Crippen molar-refractivity contribution >= 4 is 33.4 Å². The highest BCUT2D eigenvalue weighted by Gasteiger charge is 2.17. The molecule has 3 heterocycles. The number of nitrogens with zero attached hydrogens (tertiary/aromatic N) is 4. The largest absolute Gasteiger partial charge is 0.329 e. The maximum Gasteiger partial charge on any atom is 0.329 e. The number of para-hydroxylation sites is 2. The molecule has 0 radical (unpaired) electrons. The number of carbonyl (C=O) groups is 1. The standard InChI is InChI=1S/C23H31N5O2S/c1-3-11-27-19-6-4-5-7-20(19)28(23(27)30)14-10-21(29)25-22-24-18(16-31-22)15-26-12-8-17(2)9-13-26/h4-7,16-17H,3,8-15H2,1-2H3,(H,24,25,29).